The van der Waals surface area contributed by atoms with E-state index in [9.17, 15) is 28.2 Å². The van der Waals surface area contributed by atoms with Gasteiger partial charge in [0.2, 0.25) is 0 Å². The summed E-state index contributed by atoms with van der Waals surface area (Å²) in [6.07, 6.45) is -8.70. The Hall–Kier alpha value is -2.00. The molecule has 9 heteroatoms. The molecular formula is C16H22F3NO5. The lowest BCUT2D eigenvalue weighted by atomic mass is 10.0. The zero-order valence-electron chi connectivity index (χ0n) is 14.3. The number of halogens is 3. The lowest BCUT2D eigenvalue weighted by Gasteiger charge is -2.23. The van der Waals surface area contributed by atoms with Gasteiger partial charge in [0, 0.05) is 12.1 Å². The average Bonchev–Trinajstić information content (AvgIpc) is 2.48. The van der Waals surface area contributed by atoms with Crippen molar-refractivity contribution in [3.8, 4) is 5.75 Å². The fourth-order valence-electron chi connectivity index (χ4n) is 1.96. The molecule has 0 aliphatic carbocycles. The Bertz CT molecular complexity index is 598. The number of carbonyl (C=O) groups excluding carboxylic acids is 1. The molecule has 3 N–H and O–H groups in total. The van der Waals surface area contributed by atoms with Gasteiger partial charge >= 0.3 is 12.3 Å². The van der Waals surface area contributed by atoms with Crippen molar-refractivity contribution in [1.29, 1.82) is 0 Å². The van der Waals surface area contributed by atoms with Crippen LogP contribution >= 0.6 is 0 Å². The topological polar surface area (TPSA) is 88.0 Å². The van der Waals surface area contributed by atoms with E-state index in [1.807, 2.05) is 0 Å². The van der Waals surface area contributed by atoms with E-state index in [2.05, 4.69) is 5.32 Å². The monoisotopic (exact) mass is 365 g/mol. The van der Waals surface area contributed by atoms with E-state index in [-0.39, 0.29) is 11.3 Å². The van der Waals surface area contributed by atoms with Gasteiger partial charge < -0.3 is 25.0 Å². The summed E-state index contributed by atoms with van der Waals surface area (Å²) in [5.41, 5.74) is -1.98. The lowest BCUT2D eigenvalue weighted by Crippen LogP contribution is -2.39. The van der Waals surface area contributed by atoms with Crippen LogP contribution in [0.15, 0.2) is 18.2 Å². The number of hydrogen-bond acceptors (Lipinski definition) is 5. The maximum Gasteiger partial charge on any atom is 0.416 e. The molecule has 0 fully saturated rings. The average molecular weight is 365 g/mol. The van der Waals surface area contributed by atoms with Gasteiger partial charge in [-0.1, -0.05) is 0 Å². The van der Waals surface area contributed by atoms with Crippen molar-refractivity contribution in [2.45, 2.75) is 44.8 Å². The molecule has 0 aromatic heterocycles. The van der Waals surface area contributed by atoms with Gasteiger partial charge in [-0.05, 0) is 39.0 Å². The van der Waals surface area contributed by atoms with E-state index in [0.717, 1.165) is 12.1 Å². The Balaban J connectivity index is 2.87. The summed E-state index contributed by atoms with van der Waals surface area (Å²) in [7, 11) is 1.23. The molecule has 0 spiro atoms. The summed E-state index contributed by atoms with van der Waals surface area (Å²) < 4.78 is 48.4. The van der Waals surface area contributed by atoms with Crippen LogP contribution in [-0.2, 0) is 10.9 Å². The molecule has 0 bridgehead atoms. The van der Waals surface area contributed by atoms with E-state index in [1.165, 1.54) is 7.11 Å². The van der Waals surface area contributed by atoms with E-state index in [4.69, 9.17) is 9.47 Å². The van der Waals surface area contributed by atoms with Crippen LogP contribution in [0.5, 0.6) is 5.75 Å². The van der Waals surface area contributed by atoms with Gasteiger partial charge in [-0.25, -0.2) is 4.79 Å². The molecule has 6 nitrogen and oxygen atoms in total. The number of aliphatic hydroxyl groups excluding tert-OH is 2. The second-order valence-electron chi connectivity index (χ2n) is 6.35. The summed E-state index contributed by atoms with van der Waals surface area (Å²) in [4.78, 5) is 11.5. The third-order valence-electron chi connectivity index (χ3n) is 3.09. The first kappa shape index (κ1) is 21.0. The van der Waals surface area contributed by atoms with Crippen LogP contribution in [0.4, 0.5) is 18.0 Å². The molecule has 0 radical (unpaired) electrons. The first-order chi connectivity index (χ1) is 11.3. The first-order valence-corrected chi connectivity index (χ1v) is 7.43. The number of ether oxygens (including phenoxy) is 2. The molecule has 1 aromatic rings. The van der Waals surface area contributed by atoms with Crippen molar-refractivity contribution in [1.82, 2.24) is 5.32 Å². The normalized spacial score (nSPS) is 14.6. The lowest BCUT2D eigenvalue weighted by molar-refractivity contribution is -0.137. The fraction of sp³-hybridized carbons (Fsp3) is 0.562. The highest BCUT2D eigenvalue weighted by Crippen LogP contribution is 2.35. The van der Waals surface area contributed by atoms with Gasteiger partial charge in [0.1, 0.15) is 23.6 Å². The molecule has 1 amide bonds. The van der Waals surface area contributed by atoms with Gasteiger partial charge in [-0.3, -0.25) is 0 Å². The van der Waals surface area contributed by atoms with Crippen LogP contribution < -0.4 is 10.1 Å². The van der Waals surface area contributed by atoms with Crippen molar-refractivity contribution < 1.29 is 37.7 Å². The van der Waals surface area contributed by atoms with Crippen LogP contribution in [0, 0.1) is 0 Å². The first-order valence-electron chi connectivity index (χ1n) is 7.43. The van der Waals surface area contributed by atoms with Crippen molar-refractivity contribution in [2.24, 2.45) is 0 Å². The maximum absolute atomic E-state index is 12.8. The van der Waals surface area contributed by atoms with Crippen LogP contribution in [0.3, 0.4) is 0 Å². The minimum atomic E-state index is -4.61. The number of benzene rings is 1. The Kier molecular flexibility index (Phi) is 6.67. The van der Waals surface area contributed by atoms with Crippen LogP contribution in [0.2, 0.25) is 0 Å². The van der Waals surface area contributed by atoms with Crippen molar-refractivity contribution in [3.63, 3.8) is 0 Å². The van der Waals surface area contributed by atoms with Gasteiger partial charge in [-0.2, -0.15) is 13.2 Å². The number of alkyl halides is 3. The molecular weight excluding hydrogens is 343 g/mol. The largest absolute Gasteiger partial charge is 0.496 e. The van der Waals surface area contributed by atoms with Crippen molar-refractivity contribution in [3.05, 3.63) is 29.3 Å². The molecule has 1 rings (SSSR count). The molecule has 142 valence electrons. The Morgan fingerprint density at radius 2 is 1.84 bits per heavy atom. The molecule has 0 aliphatic rings. The van der Waals surface area contributed by atoms with Gasteiger partial charge in [0.25, 0.3) is 0 Å². The van der Waals surface area contributed by atoms with Gasteiger partial charge in [0.05, 0.1) is 12.7 Å². The molecule has 25 heavy (non-hydrogen) atoms. The smallest absolute Gasteiger partial charge is 0.416 e. The predicted molar refractivity (Wildman–Crippen MR) is 83.2 cm³/mol. The highest BCUT2D eigenvalue weighted by atomic mass is 19.4. The molecule has 1 aromatic carbocycles. The highest BCUT2D eigenvalue weighted by molar-refractivity contribution is 5.67. The number of rotatable bonds is 5. The second-order valence-corrected chi connectivity index (χ2v) is 6.35. The fourth-order valence-corrected chi connectivity index (χ4v) is 1.96. The number of methoxy groups -OCH3 is 1. The minimum absolute atomic E-state index is 0.0168. The summed E-state index contributed by atoms with van der Waals surface area (Å²) in [5, 5.41) is 22.4. The van der Waals surface area contributed by atoms with Crippen molar-refractivity contribution >= 4 is 6.09 Å². The van der Waals surface area contributed by atoms with E-state index >= 15 is 0 Å². The maximum atomic E-state index is 12.8. The van der Waals surface area contributed by atoms with Gasteiger partial charge in [-0.15, -0.1) is 0 Å². The van der Waals surface area contributed by atoms with E-state index in [1.54, 1.807) is 20.8 Å². The summed E-state index contributed by atoms with van der Waals surface area (Å²) >= 11 is 0. The Labute approximate surface area is 143 Å². The standard InChI is InChI=1S/C16H22F3NO5/c1-15(2,3)25-14(23)20-8-11(21)13(22)10-7-9(16(17,18)19)5-6-12(10)24-4/h5-7,11,13,21-22H,8H2,1-4H3,(H,20,23). The number of amides is 1. The SMILES string of the molecule is COc1ccc(C(F)(F)F)cc1C(O)C(O)CNC(=O)OC(C)(C)C. The van der Waals surface area contributed by atoms with E-state index < -0.39 is 42.2 Å². The second kappa shape index (κ2) is 7.92. The molecule has 0 saturated carbocycles. The molecule has 0 heterocycles. The highest BCUT2D eigenvalue weighted by Gasteiger charge is 2.33. The van der Waals surface area contributed by atoms with Crippen molar-refractivity contribution in [2.75, 3.05) is 13.7 Å². The Morgan fingerprint density at radius 3 is 2.32 bits per heavy atom. The quantitative estimate of drug-likeness (QED) is 0.747. The van der Waals surface area contributed by atoms with Crippen LogP contribution in [-0.4, -0.2) is 41.7 Å². The number of hydrogen-bond donors (Lipinski definition) is 3. The van der Waals surface area contributed by atoms with E-state index in [0.29, 0.717) is 6.07 Å². The number of nitrogens with one attached hydrogen (secondary N) is 1. The van der Waals surface area contributed by atoms with Crippen LogP contribution in [0.1, 0.15) is 38.0 Å². The zero-order chi connectivity index (χ0) is 19.4. The summed E-state index contributed by atoms with van der Waals surface area (Å²) in [6.45, 7) is 4.51. The number of alkyl carbamates (subject to hydrolysis) is 1. The third-order valence-corrected chi connectivity index (χ3v) is 3.09. The molecule has 0 aliphatic heterocycles. The summed E-state index contributed by atoms with van der Waals surface area (Å²) in [5.74, 6) is -0.0168. The molecule has 2 atom stereocenters. The number of carbonyl (C=O) groups is 1. The number of aliphatic hydroxyl groups is 2. The van der Waals surface area contributed by atoms with Crippen LogP contribution in [0.25, 0.3) is 0 Å². The Morgan fingerprint density at radius 1 is 1.24 bits per heavy atom. The predicted octanol–water partition coefficient (Wildman–Crippen LogP) is 2.63. The third kappa shape index (κ3) is 6.43. The summed E-state index contributed by atoms with van der Waals surface area (Å²) in [6, 6.07) is 2.55. The molecule has 0 saturated heterocycles. The van der Waals surface area contributed by atoms with Gasteiger partial charge in [0.15, 0.2) is 0 Å². The zero-order valence-corrected chi connectivity index (χ0v) is 14.3. The molecule has 2 unspecified atom stereocenters. The minimum Gasteiger partial charge on any atom is -0.496 e.